The van der Waals surface area contributed by atoms with Gasteiger partial charge in [-0.3, -0.25) is 9.59 Å². The van der Waals surface area contributed by atoms with Crippen molar-refractivity contribution in [2.75, 3.05) is 0 Å². The molecule has 1 aromatic heterocycles. The highest BCUT2D eigenvalue weighted by molar-refractivity contribution is 5.91. The number of rotatable bonds is 4. The van der Waals surface area contributed by atoms with Crippen LogP contribution in [0.4, 0.5) is 0 Å². The van der Waals surface area contributed by atoms with Gasteiger partial charge in [0.05, 0.1) is 5.39 Å². The van der Waals surface area contributed by atoms with Crippen LogP contribution in [0.2, 0.25) is 0 Å². The van der Waals surface area contributed by atoms with Crippen molar-refractivity contribution in [1.29, 1.82) is 0 Å². The Morgan fingerprint density at radius 1 is 1.22 bits per heavy atom. The van der Waals surface area contributed by atoms with E-state index in [2.05, 4.69) is 19.2 Å². The van der Waals surface area contributed by atoms with Crippen molar-refractivity contribution in [2.45, 2.75) is 52.2 Å². The number of hydrogen-bond donors (Lipinski definition) is 1. The van der Waals surface area contributed by atoms with Gasteiger partial charge in [0.2, 0.25) is 5.76 Å². The van der Waals surface area contributed by atoms with Crippen LogP contribution >= 0.6 is 0 Å². The number of hydrogen-bond acceptors (Lipinski definition) is 5. The maximum atomic E-state index is 12.4. The lowest BCUT2D eigenvalue weighted by molar-refractivity contribution is -0.130. The van der Waals surface area contributed by atoms with Gasteiger partial charge in [0.1, 0.15) is 5.58 Å². The van der Waals surface area contributed by atoms with Crippen molar-refractivity contribution >= 4 is 22.8 Å². The smallest absolute Gasteiger partial charge is 0.375 e. The van der Waals surface area contributed by atoms with Crippen molar-refractivity contribution in [2.24, 2.45) is 11.8 Å². The number of benzene rings is 1. The van der Waals surface area contributed by atoms with Crippen LogP contribution in [-0.4, -0.2) is 24.0 Å². The van der Waals surface area contributed by atoms with E-state index in [4.69, 9.17) is 9.15 Å². The second-order valence-electron chi connectivity index (χ2n) is 7.40. The van der Waals surface area contributed by atoms with Crippen LogP contribution in [0, 0.1) is 11.8 Å². The summed E-state index contributed by atoms with van der Waals surface area (Å²) in [5, 5.41) is 3.38. The number of esters is 1. The maximum Gasteiger partial charge on any atom is 0.375 e. The summed E-state index contributed by atoms with van der Waals surface area (Å²) in [4.78, 5) is 36.9. The Morgan fingerprint density at radius 2 is 1.96 bits per heavy atom. The third-order valence-corrected chi connectivity index (χ3v) is 5.52. The molecule has 6 heteroatoms. The molecule has 3 rings (SSSR count). The predicted octanol–water partition coefficient (Wildman–Crippen LogP) is 3.28. The molecule has 4 atom stereocenters. The summed E-state index contributed by atoms with van der Waals surface area (Å²) in [5.74, 6) is -0.445. The highest BCUT2D eigenvalue weighted by Gasteiger charge is 2.30. The molecule has 1 saturated carbocycles. The minimum atomic E-state index is -0.973. The van der Waals surface area contributed by atoms with E-state index in [1.807, 2.05) is 0 Å². The van der Waals surface area contributed by atoms with Crippen molar-refractivity contribution in [3.63, 3.8) is 0 Å². The number of para-hydroxylation sites is 1. The van der Waals surface area contributed by atoms with Gasteiger partial charge >= 0.3 is 5.97 Å². The molecule has 0 aliphatic heterocycles. The summed E-state index contributed by atoms with van der Waals surface area (Å²) in [6.45, 7) is 5.84. The van der Waals surface area contributed by atoms with E-state index in [1.54, 1.807) is 24.3 Å². The molecule has 1 aromatic carbocycles. The van der Waals surface area contributed by atoms with Gasteiger partial charge < -0.3 is 14.5 Å². The first-order chi connectivity index (χ1) is 12.9. The predicted molar refractivity (Wildman–Crippen MR) is 101 cm³/mol. The lowest BCUT2D eigenvalue weighted by Gasteiger charge is -2.35. The first kappa shape index (κ1) is 19.1. The number of nitrogens with one attached hydrogen (secondary N) is 1. The van der Waals surface area contributed by atoms with Crippen LogP contribution in [0.1, 0.15) is 50.6 Å². The Morgan fingerprint density at radius 3 is 2.74 bits per heavy atom. The zero-order chi connectivity index (χ0) is 19.6. The molecule has 0 radical (unpaired) electrons. The average Bonchev–Trinajstić information content (AvgIpc) is 2.65. The van der Waals surface area contributed by atoms with E-state index in [1.165, 1.54) is 13.3 Å². The molecular weight excluding hydrogens is 346 g/mol. The van der Waals surface area contributed by atoms with E-state index in [-0.39, 0.29) is 23.1 Å². The summed E-state index contributed by atoms with van der Waals surface area (Å²) >= 11 is 0. The average molecular weight is 371 g/mol. The van der Waals surface area contributed by atoms with E-state index >= 15 is 0 Å². The Balaban J connectivity index is 1.66. The molecule has 1 heterocycles. The summed E-state index contributed by atoms with van der Waals surface area (Å²) < 4.78 is 10.7. The minimum absolute atomic E-state index is 0.0843. The Kier molecular flexibility index (Phi) is 5.63. The van der Waals surface area contributed by atoms with Gasteiger partial charge in [-0.05, 0) is 37.3 Å². The largest absolute Gasteiger partial charge is 0.449 e. The van der Waals surface area contributed by atoms with E-state index in [0.717, 1.165) is 18.9 Å². The van der Waals surface area contributed by atoms with Crippen LogP contribution in [0.3, 0.4) is 0 Å². The minimum Gasteiger partial charge on any atom is -0.449 e. The number of amides is 1. The van der Waals surface area contributed by atoms with Gasteiger partial charge in [-0.2, -0.15) is 0 Å². The molecule has 1 fully saturated rings. The first-order valence-electron chi connectivity index (χ1n) is 9.41. The molecule has 144 valence electrons. The monoisotopic (exact) mass is 371 g/mol. The number of ether oxygens (including phenoxy) is 1. The highest BCUT2D eigenvalue weighted by Crippen LogP contribution is 2.29. The first-order valence-corrected chi connectivity index (χ1v) is 9.41. The van der Waals surface area contributed by atoms with Crippen LogP contribution < -0.4 is 10.7 Å². The zero-order valence-electron chi connectivity index (χ0n) is 15.9. The van der Waals surface area contributed by atoms with Crippen LogP contribution in [-0.2, 0) is 9.53 Å². The molecule has 0 unspecified atom stereocenters. The SMILES string of the molecule is C[C@@H]1[C@H](C)CCC[C@H]1NC(=O)[C@@H](C)OC(=O)c1cc(=O)c2ccccc2o1. The van der Waals surface area contributed by atoms with Gasteiger partial charge in [-0.1, -0.05) is 38.8 Å². The van der Waals surface area contributed by atoms with Gasteiger partial charge in [0.25, 0.3) is 5.91 Å². The molecule has 6 nitrogen and oxygen atoms in total. The maximum absolute atomic E-state index is 12.4. The lowest BCUT2D eigenvalue weighted by atomic mass is 9.78. The lowest BCUT2D eigenvalue weighted by Crippen LogP contribution is -2.47. The van der Waals surface area contributed by atoms with Gasteiger partial charge in [-0.25, -0.2) is 4.79 Å². The second-order valence-corrected chi connectivity index (χ2v) is 7.40. The molecular formula is C21H25NO5. The number of fused-ring (bicyclic) bond motifs is 1. The van der Waals surface area contributed by atoms with Crippen LogP contribution in [0.5, 0.6) is 0 Å². The normalized spacial score (nSPS) is 23.6. The third kappa shape index (κ3) is 4.21. The second kappa shape index (κ2) is 7.94. The van der Waals surface area contributed by atoms with E-state index in [9.17, 15) is 14.4 Å². The van der Waals surface area contributed by atoms with Crippen molar-refractivity contribution in [3.8, 4) is 0 Å². The Hall–Kier alpha value is -2.63. The fourth-order valence-corrected chi connectivity index (χ4v) is 3.56. The quantitative estimate of drug-likeness (QED) is 0.834. The molecule has 1 amide bonds. The third-order valence-electron chi connectivity index (χ3n) is 5.52. The highest BCUT2D eigenvalue weighted by atomic mass is 16.6. The van der Waals surface area contributed by atoms with Crippen molar-refractivity contribution in [1.82, 2.24) is 5.32 Å². The molecule has 27 heavy (non-hydrogen) atoms. The molecule has 1 N–H and O–H groups in total. The van der Waals surface area contributed by atoms with Gasteiger partial charge in [-0.15, -0.1) is 0 Å². The molecule has 0 spiro atoms. The van der Waals surface area contributed by atoms with Crippen molar-refractivity contribution < 1.29 is 18.7 Å². The summed E-state index contributed by atoms with van der Waals surface area (Å²) in [5.41, 5.74) is -0.0232. The molecule has 1 aliphatic carbocycles. The van der Waals surface area contributed by atoms with Gasteiger partial charge in [0.15, 0.2) is 11.5 Å². The number of carbonyl (C=O) groups excluding carboxylic acids is 2. The molecule has 0 saturated heterocycles. The molecule has 0 bridgehead atoms. The number of carbonyl (C=O) groups is 2. The molecule has 2 aromatic rings. The zero-order valence-corrected chi connectivity index (χ0v) is 15.9. The fourth-order valence-electron chi connectivity index (χ4n) is 3.56. The standard InChI is InChI=1S/C21H25NO5/c1-12-7-6-9-16(13(12)2)22-20(24)14(3)26-21(25)19-11-17(23)15-8-4-5-10-18(15)27-19/h4-5,8,10-14,16H,6-7,9H2,1-3H3,(H,22,24)/t12-,13-,14-,16-/m1/s1. The Labute approximate surface area is 157 Å². The van der Waals surface area contributed by atoms with E-state index < -0.39 is 12.1 Å². The van der Waals surface area contributed by atoms with E-state index in [0.29, 0.717) is 22.8 Å². The topological polar surface area (TPSA) is 85.6 Å². The van der Waals surface area contributed by atoms with Crippen molar-refractivity contribution in [3.05, 3.63) is 46.3 Å². The summed E-state index contributed by atoms with van der Waals surface area (Å²) in [7, 11) is 0. The van der Waals surface area contributed by atoms with Gasteiger partial charge in [0, 0.05) is 12.1 Å². The molecule has 1 aliphatic rings. The summed E-state index contributed by atoms with van der Waals surface area (Å²) in [6, 6.07) is 7.84. The Bertz CT molecular complexity index is 903. The van der Waals surface area contributed by atoms with Crippen LogP contribution in [0.15, 0.2) is 39.5 Å². The van der Waals surface area contributed by atoms with Crippen LogP contribution in [0.25, 0.3) is 11.0 Å². The fraction of sp³-hybridized carbons (Fsp3) is 0.476. The summed E-state index contributed by atoms with van der Waals surface area (Å²) in [6.07, 6.45) is 2.20.